The Balaban J connectivity index is 2.18. The van der Waals surface area contributed by atoms with Gasteiger partial charge in [0, 0.05) is 25.5 Å². The highest BCUT2D eigenvalue weighted by atomic mass is 16.2. The number of aromatic nitrogens is 2. The molecular formula is C18H25N5O2. The molecule has 25 heavy (non-hydrogen) atoms. The van der Waals surface area contributed by atoms with Crippen molar-refractivity contribution in [3.05, 3.63) is 54.1 Å². The Hall–Kier alpha value is -2.67. The fourth-order valence-corrected chi connectivity index (χ4v) is 2.61. The van der Waals surface area contributed by atoms with Crippen LogP contribution in [-0.4, -0.2) is 45.4 Å². The minimum atomic E-state index is -0.454. The summed E-state index contributed by atoms with van der Waals surface area (Å²) >= 11 is 0. The summed E-state index contributed by atoms with van der Waals surface area (Å²) in [6.45, 7) is 3.98. The second kappa shape index (κ2) is 8.43. The van der Waals surface area contributed by atoms with Gasteiger partial charge in [-0.05, 0) is 19.4 Å². The summed E-state index contributed by atoms with van der Waals surface area (Å²) in [5, 5.41) is 3.02. The first-order valence-electron chi connectivity index (χ1n) is 8.22. The maximum atomic E-state index is 12.6. The molecule has 0 saturated carbocycles. The summed E-state index contributed by atoms with van der Waals surface area (Å²) in [5.74, 6) is 0.0996. The van der Waals surface area contributed by atoms with E-state index in [4.69, 9.17) is 5.73 Å². The van der Waals surface area contributed by atoms with E-state index >= 15 is 0 Å². The van der Waals surface area contributed by atoms with Crippen LogP contribution in [0.15, 0.2) is 42.7 Å². The molecule has 0 aliphatic carbocycles. The summed E-state index contributed by atoms with van der Waals surface area (Å²) in [5.41, 5.74) is 6.21. The lowest BCUT2D eigenvalue weighted by Crippen LogP contribution is -2.45. The Labute approximate surface area is 147 Å². The van der Waals surface area contributed by atoms with Gasteiger partial charge >= 0.3 is 0 Å². The molecule has 7 heteroatoms. The van der Waals surface area contributed by atoms with Crippen LogP contribution >= 0.6 is 0 Å². The van der Waals surface area contributed by atoms with E-state index in [0.29, 0.717) is 0 Å². The number of nitrogens with one attached hydrogen (secondary N) is 1. The molecule has 3 N–H and O–H groups in total. The van der Waals surface area contributed by atoms with Gasteiger partial charge in [0.05, 0.1) is 13.1 Å². The zero-order chi connectivity index (χ0) is 18.4. The van der Waals surface area contributed by atoms with Crippen LogP contribution in [0.1, 0.15) is 31.3 Å². The van der Waals surface area contributed by atoms with Crippen LogP contribution in [-0.2, 0) is 16.6 Å². The Bertz CT molecular complexity index is 711. The maximum absolute atomic E-state index is 12.6. The van der Waals surface area contributed by atoms with Crippen LogP contribution in [0.5, 0.6) is 0 Å². The van der Waals surface area contributed by atoms with E-state index in [2.05, 4.69) is 10.3 Å². The van der Waals surface area contributed by atoms with Crippen LogP contribution in [0.25, 0.3) is 0 Å². The molecule has 2 amide bonds. The lowest BCUT2D eigenvalue weighted by atomic mass is 10.1. The summed E-state index contributed by atoms with van der Waals surface area (Å²) in [6.07, 6.45) is 3.54. The standard InChI is InChI=1S/C18H25N5O2/c1-13(2)23(11-15(19)24)12-16(25)21-17(14-7-5-4-6-8-14)18-20-9-10-22(18)3/h4-10,13,17H,11-12H2,1-3H3,(H2,19,24)(H,21,25)/t17-/m0/s1. The number of nitrogens with zero attached hydrogens (tertiary/aromatic N) is 3. The van der Waals surface area contributed by atoms with Crippen molar-refractivity contribution in [1.29, 1.82) is 0 Å². The molecule has 1 aromatic carbocycles. The molecule has 0 saturated heterocycles. The number of nitrogens with two attached hydrogens (primary N) is 1. The number of benzene rings is 1. The van der Waals surface area contributed by atoms with Crippen LogP contribution in [0.3, 0.4) is 0 Å². The first kappa shape index (κ1) is 18.7. The van der Waals surface area contributed by atoms with Crippen molar-refractivity contribution >= 4 is 11.8 Å². The molecule has 7 nitrogen and oxygen atoms in total. The normalized spacial score (nSPS) is 12.4. The van der Waals surface area contributed by atoms with Crippen LogP contribution in [0.2, 0.25) is 0 Å². The molecule has 2 aromatic rings. The van der Waals surface area contributed by atoms with Gasteiger partial charge in [0.2, 0.25) is 11.8 Å². The number of hydrogen-bond donors (Lipinski definition) is 2. The number of rotatable bonds is 8. The Kier molecular flexibility index (Phi) is 6.30. The minimum Gasteiger partial charge on any atom is -0.369 e. The first-order chi connectivity index (χ1) is 11.9. The first-order valence-corrected chi connectivity index (χ1v) is 8.22. The number of hydrogen-bond acceptors (Lipinski definition) is 4. The molecule has 0 aliphatic heterocycles. The minimum absolute atomic E-state index is 0.0292. The Morgan fingerprint density at radius 2 is 1.92 bits per heavy atom. The highest BCUT2D eigenvalue weighted by molar-refractivity contribution is 5.81. The van der Waals surface area contributed by atoms with Crippen LogP contribution in [0, 0.1) is 0 Å². The average molecular weight is 343 g/mol. The molecule has 2 rings (SSSR count). The second-order valence-corrected chi connectivity index (χ2v) is 6.27. The number of carbonyl (C=O) groups excluding carboxylic acids is 2. The van der Waals surface area contributed by atoms with Gasteiger partial charge in [-0.25, -0.2) is 4.98 Å². The van der Waals surface area contributed by atoms with E-state index in [1.807, 2.05) is 62.0 Å². The molecule has 0 aliphatic rings. The quantitative estimate of drug-likeness (QED) is 0.742. The largest absolute Gasteiger partial charge is 0.369 e. The van der Waals surface area contributed by atoms with Gasteiger partial charge in [-0.3, -0.25) is 14.5 Å². The fraction of sp³-hybridized carbons (Fsp3) is 0.389. The predicted octanol–water partition coefficient (Wildman–Crippen LogP) is 0.821. The molecule has 0 radical (unpaired) electrons. The van der Waals surface area contributed by atoms with E-state index in [1.165, 1.54) is 0 Å². The molecular weight excluding hydrogens is 318 g/mol. The van der Waals surface area contributed by atoms with E-state index < -0.39 is 5.91 Å². The molecule has 0 bridgehead atoms. The maximum Gasteiger partial charge on any atom is 0.235 e. The third kappa shape index (κ3) is 5.15. The van der Waals surface area contributed by atoms with Crippen molar-refractivity contribution in [2.75, 3.05) is 13.1 Å². The molecule has 1 aromatic heterocycles. The van der Waals surface area contributed by atoms with Gasteiger partial charge in [0.25, 0.3) is 0 Å². The van der Waals surface area contributed by atoms with Crippen LogP contribution < -0.4 is 11.1 Å². The third-order valence-corrected chi connectivity index (χ3v) is 3.99. The second-order valence-electron chi connectivity index (χ2n) is 6.27. The average Bonchev–Trinajstić information content (AvgIpc) is 2.98. The topological polar surface area (TPSA) is 93.2 Å². The zero-order valence-electron chi connectivity index (χ0n) is 14.8. The highest BCUT2D eigenvalue weighted by Gasteiger charge is 2.23. The van der Waals surface area contributed by atoms with Crippen molar-refractivity contribution in [2.24, 2.45) is 12.8 Å². The third-order valence-electron chi connectivity index (χ3n) is 3.99. The van der Waals surface area contributed by atoms with Gasteiger partial charge in [-0.2, -0.15) is 0 Å². The SMILES string of the molecule is CC(C)N(CC(N)=O)CC(=O)N[C@@H](c1ccccc1)c1nccn1C. The van der Waals surface area contributed by atoms with E-state index in [0.717, 1.165) is 11.4 Å². The number of primary amides is 1. The van der Waals surface area contributed by atoms with Crippen molar-refractivity contribution < 1.29 is 9.59 Å². The Morgan fingerprint density at radius 3 is 2.44 bits per heavy atom. The van der Waals surface area contributed by atoms with Gasteiger partial charge in [0.15, 0.2) is 0 Å². The fourth-order valence-electron chi connectivity index (χ4n) is 2.61. The summed E-state index contributed by atoms with van der Waals surface area (Å²) in [4.78, 5) is 29.9. The molecule has 134 valence electrons. The summed E-state index contributed by atoms with van der Waals surface area (Å²) < 4.78 is 1.88. The number of aryl methyl sites for hydroxylation is 1. The molecule has 0 spiro atoms. The lowest BCUT2D eigenvalue weighted by Gasteiger charge is -2.26. The number of carbonyl (C=O) groups is 2. The summed E-state index contributed by atoms with van der Waals surface area (Å²) in [7, 11) is 1.89. The lowest BCUT2D eigenvalue weighted by molar-refractivity contribution is -0.125. The van der Waals surface area contributed by atoms with Crippen molar-refractivity contribution in [3.8, 4) is 0 Å². The van der Waals surface area contributed by atoms with E-state index in [1.54, 1.807) is 11.1 Å². The van der Waals surface area contributed by atoms with Gasteiger partial charge in [-0.15, -0.1) is 0 Å². The molecule has 1 atom stereocenters. The zero-order valence-corrected chi connectivity index (χ0v) is 14.8. The predicted molar refractivity (Wildman–Crippen MR) is 95.5 cm³/mol. The molecule has 0 unspecified atom stereocenters. The van der Waals surface area contributed by atoms with Crippen LogP contribution in [0.4, 0.5) is 0 Å². The van der Waals surface area contributed by atoms with Gasteiger partial charge < -0.3 is 15.6 Å². The van der Waals surface area contributed by atoms with Gasteiger partial charge in [0.1, 0.15) is 11.9 Å². The summed E-state index contributed by atoms with van der Waals surface area (Å²) in [6, 6.07) is 9.33. The van der Waals surface area contributed by atoms with Crippen molar-refractivity contribution in [2.45, 2.75) is 25.9 Å². The Morgan fingerprint density at radius 1 is 1.24 bits per heavy atom. The van der Waals surface area contributed by atoms with Gasteiger partial charge in [-0.1, -0.05) is 30.3 Å². The molecule has 1 heterocycles. The smallest absolute Gasteiger partial charge is 0.235 e. The highest BCUT2D eigenvalue weighted by Crippen LogP contribution is 2.20. The van der Waals surface area contributed by atoms with E-state index in [9.17, 15) is 9.59 Å². The van der Waals surface area contributed by atoms with Crippen molar-refractivity contribution in [1.82, 2.24) is 19.8 Å². The molecule has 0 fully saturated rings. The number of amides is 2. The van der Waals surface area contributed by atoms with Crippen molar-refractivity contribution in [3.63, 3.8) is 0 Å². The monoisotopic (exact) mass is 343 g/mol. The van der Waals surface area contributed by atoms with E-state index in [-0.39, 0.29) is 31.1 Å². The number of imidazole rings is 1.